The van der Waals surface area contributed by atoms with Crippen LogP contribution in [0.25, 0.3) is 6.08 Å². The van der Waals surface area contributed by atoms with Crippen molar-refractivity contribution in [2.24, 2.45) is 0 Å². The SMILES string of the molecule is O=C(O)/C=C/c1cc(Cl)ccc1OCCc1ccccn1. The van der Waals surface area contributed by atoms with Crippen molar-refractivity contribution < 1.29 is 14.6 Å². The number of hydrogen-bond acceptors (Lipinski definition) is 3. The Morgan fingerprint density at radius 1 is 1.33 bits per heavy atom. The number of nitrogens with zero attached hydrogens (tertiary/aromatic N) is 1. The lowest BCUT2D eigenvalue weighted by atomic mass is 10.2. The standard InChI is InChI=1S/C16H14ClNO3/c17-13-5-6-15(12(11-13)4-7-16(19)20)21-10-8-14-3-1-2-9-18-14/h1-7,9,11H,8,10H2,(H,19,20)/b7-4+. The Balaban J connectivity index is 2.03. The molecule has 0 radical (unpaired) electrons. The van der Waals surface area contributed by atoms with Gasteiger partial charge < -0.3 is 9.84 Å². The van der Waals surface area contributed by atoms with Crippen LogP contribution in [0.1, 0.15) is 11.3 Å². The molecule has 0 aliphatic heterocycles. The minimum atomic E-state index is -1.02. The summed E-state index contributed by atoms with van der Waals surface area (Å²) >= 11 is 5.92. The molecule has 0 unspecified atom stereocenters. The van der Waals surface area contributed by atoms with Gasteiger partial charge >= 0.3 is 5.97 Å². The summed E-state index contributed by atoms with van der Waals surface area (Å²) in [6, 6.07) is 10.8. The number of benzene rings is 1. The van der Waals surface area contributed by atoms with E-state index in [-0.39, 0.29) is 0 Å². The van der Waals surface area contributed by atoms with Gasteiger partial charge in [-0.1, -0.05) is 17.7 Å². The van der Waals surface area contributed by atoms with Crippen LogP contribution < -0.4 is 4.74 Å². The molecule has 0 spiro atoms. The third-order valence-corrected chi connectivity index (χ3v) is 2.95. The molecule has 2 rings (SSSR count). The van der Waals surface area contributed by atoms with Crippen molar-refractivity contribution >= 4 is 23.6 Å². The van der Waals surface area contributed by atoms with Gasteiger partial charge in [0.15, 0.2) is 0 Å². The largest absolute Gasteiger partial charge is 0.493 e. The van der Waals surface area contributed by atoms with E-state index in [2.05, 4.69) is 4.98 Å². The summed E-state index contributed by atoms with van der Waals surface area (Å²) in [5.41, 5.74) is 1.57. The van der Waals surface area contributed by atoms with Gasteiger partial charge in [0.25, 0.3) is 0 Å². The molecule has 1 heterocycles. The topological polar surface area (TPSA) is 59.4 Å². The lowest BCUT2D eigenvalue weighted by Crippen LogP contribution is -2.03. The fraction of sp³-hybridized carbons (Fsp3) is 0.125. The molecular weight excluding hydrogens is 290 g/mol. The van der Waals surface area contributed by atoms with Crippen LogP contribution in [-0.2, 0) is 11.2 Å². The highest BCUT2D eigenvalue weighted by Crippen LogP contribution is 2.24. The molecule has 0 atom stereocenters. The van der Waals surface area contributed by atoms with Crippen LogP contribution in [0.15, 0.2) is 48.7 Å². The Hall–Kier alpha value is -2.33. The second kappa shape index (κ2) is 7.45. The lowest BCUT2D eigenvalue weighted by Gasteiger charge is -2.09. The van der Waals surface area contributed by atoms with Gasteiger partial charge in [-0.3, -0.25) is 4.98 Å². The number of carbonyl (C=O) groups is 1. The van der Waals surface area contributed by atoms with Gasteiger partial charge in [0, 0.05) is 35.0 Å². The molecule has 4 nitrogen and oxygen atoms in total. The Labute approximate surface area is 127 Å². The van der Waals surface area contributed by atoms with E-state index in [1.165, 1.54) is 6.08 Å². The Bertz CT molecular complexity index is 641. The van der Waals surface area contributed by atoms with Crippen molar-refractivity contribution in [1.29, 1.82) is 0 Å². The van der Waals surface area contributed by atoms with Crippen LogP contribution >= 0.6 is 11.6 Å². The van der Waals surface area contributed by atoms with E-state index in [1.54, 1.807) is 24.4 Å². The van der Waals surface area contributed by atoms with Crippen molar-refractivity contribution in [2.45, 2.75) is 6.42 Å². The molecular formula is C16H14ClNO3. The predicted molar refractivity (Wildman–Crippen MR) is 81.6 cm³/mol. The molecule has 0 amide bonds. The minimum absolute atomic E-state index is 0.451. The minimum Gasteiger partial charge on any atom is -0.493 e. The van der Waals surface area contributed by atoms with E-state index >= 15 is 0 Å². The molecule has 0 aliphatic carbocycles. The quantitative estimate of drug-likeness (QED) is 0.830. The number of aliphatic carboxylic acids is 1. The highest BCUT2D eigenvalue weighted by Gasteiger charge is 2.03. The van der Waals surface area contributed by atoms with Crippen LogP contribution in [0.4, 0.5) is 0 Å². The Morgan fingerprint density at radius 2 is 2.19 bits per heavy atom. The molecule has 21 heavy (non-hydrogen) atoms. The van der Waals surface area contributed by atoms with Crippen molar-refractivity contribution in [3.63, 3.8) is 0 Å². The number of halogens is 1. The summed E-state index contributed by atoms with van der Waals surface area (Å²) < 4.78 is 5.69. The summed E-state index contributed by atoms with van der Waals surface area (Å²) in [5, 5.41) is 9.22. The lowest BCUT2D eigenvalue weighted by molar-refractivity contribution is -0.131. The summed E-state index contributed by atoms with van der Waals surface area (Å²) in [4.78, 5) is 14.8. The second-order valence-corrected chi connectivity index (χ2v) is 4.71. The third kappa shape index (κ3) is 4.93. The highest BCUT2D eigenvalue weighted by molar-refractivity contribution is 6.30. The number of hydrogen-bond donors (Lipinski definition) is 1. The van der Waals surface area contributed by atoms with Gasteiger partial charge in [-0.2, -0.15) is 0 Å². The number of pyridine rings is 1. The number of aromatic nitrogens is 1. The van der Waals surface area contributed by atoms with Gasteiger partial charge in [-0.25, -0.2) is 4.79 Å². The molecule has 0 fully saturated rings. The van der Waals surface area contributed by atoms with Gasteiger partial charge in [0.1, 0.15) is 5.75 Å². The zero-order valence-corrected chi connectivity index (χ0v) is 12.0. The summed E-state index contributed by atoms with van der Waals surface area (Å²) in [6.07, 6.45) is 4.92. The van der Waals surface area contributed by atoms with E-state index in [0.29, 0.717) is 29.4 Å². The molecule has 5 heteroatoms. The van der Waals surface area contributed by atoms with E-state index in [4.69, 9.17) is 21.4 Å². The smallest absolute Gasteiger partial charge is 0.328 e. The van der Waals surface area contributed by atoms with Crippen molar-refractivity contribution in [3.05, 3.63) is 65.0 Å². The van der Waals surface area contributed by atoms with Crippen LogP contribution in [0.5, 0.6) is 5.75 Å². The maximum atomic E-state index is 10.6. The first-order chi connectivity index (χ1) is 10.1. The Kier molecular flexibility index (Phi) is 5.35. The van der Waals surface area contributed by atoms with E-state index in [9.17, 15) is 4.79 Å². The molecule has 1 aromatic carbocycles. The molecule has 0 aliphatic rings. The fourth-order valence-electron chi connectivity index (χ4n) is 1.75. The van der Waals surface area contributed by atoms with Gasteiger partial charge in [0.05, 0.1) is 6.61 Å². The average molecular weight is 304 g/mol. The van der Waals surface area contributed by atoms with Crippen LogP contribution in [-0.4, -0.2) is 22.7 Å². The maximum Gasteiger partial charge on any atom is 0.328 e. The van der Waals surface area contributed by atoms with Gasteiger partial charge in [-0.15, -0.1) is 0 Å². The molecule has 2 aromatic rings. The monoisotopic (exact) mass is 303 g/mol. The van der Waals surface area contributed by atoms with Gasteiger partial charge in [-0.05, 0) is 36.4 Å². The highest BCUT2D eigenvalue weighted by atomic mass is 35.5. The van der Waals surface area contributed by atoms with Gasteiger partial charge in [0.2, 0.25) is 0 Å². The van der Waals surface area contributed by atoms with E-state index < -0.39 is 5.97 Å². The first-order valence-corrected chi connectivity index (χ1v) is 6.76. The Morgan fingerprint density at radius 3 is 2.90 bits per heavy atom. The van der Waals surface area contributed by atoms with Crippen molar-refractivity contribution in [3.8, 4) is 5.75 Å². The van der Waals surface area contributed by atoms with E-state index in [1.807, 2.05) is 18.2 Å². The average Bonchev–Trinajstić information content (AvgIpc) is 2.48. The first-order valence-electron chi connectivity index (χ1n) is 6.38. The predicted octanol–water partition coefficient (Wildman–Crippen LogP) is 3.45. The maximum absolute atomic E-state index is 10.6. The normalized spacial score (nSPS) is 10.7. The molecule has 108 valence electrons. The molecule has 0 saturated carbocycles. The van der Waals surface area contributed by atoms with Crippen molar-refractivity contribution in [1.82, 2.24) is 4.98 Å². The zero-order chi connectivity index (χ0) is 15.1. The van der Waals surface area contributed by atoms with E-state index in [0.717, 1.165) is 11.8 Å². The molecule has 1 N–H and O–H groups in total. The summed E-state index contributed by atoms with van der Waals surface area (Å²) in [5.74, 6) is -0.428. The second-order valence-electron chi connectivity index (χ2n) is 4.27. The number of ether oxygens (including phenoxy) is 1. The fourth-order valence-corrected chi connectivity index (χ4v) is 1.93. The summed E-state index contributed by atoms with van der Waals surface area (Å²) in [6.45, 7) is 0.451. The summed E-state index contributed by atoms with van der Waals surface area (Å²) in [7, 11) is 0. The molecule has 1 aromatic heterocycles. The third-order valence-electron chi connectivity index (χ3n) is 2.72. The van der Waals surface area contributed by atoms with Crippen LogP contribution in [0.3, 0.4) is 0 Å². The number of carboxylic acids is 1. The van der Waals surface area contributed by atoms with Crippen LogP contribution in [0.2, 0.25) is 5.02 Å². The van der Waals surface area contributed by atoms with Crippen molar-refractivity contribution in [2.75, 3.05) is 6.61 Å². The van der Waals surface area contributed by atoms with Crippen LogP contribution in [0, 0.1) is 0 Å². The number of carboxylic acid groups (broad SMARTS) is 1. The first kappa shape index (κ1) is 15.1. The number of rotatable bonds is 6. The molecule has 0 bridgehead atoms. The zero-order valence-electron chi connectivity index (χ0n) is 11.2. The molecule has 0 saturated heterocycles.